The minimum atomic E-state index is -0.400. The first-order chi connectivity index (χ1) is 24.7. The zero-order valence-corrected chi connectivity index (χ0v) is 27.7. The van der Waals surface area contributed by atoms with Crippen molar-refractivity contribution < 1.29 is 4.42 Å². The van der Waals surface area contributed by atoms with Crippen LogP contribution in [0, 0.1) is 0 Å². The molecule has 0 saturated heterocycles. The maximum Gasteiger partial charge on any atom is 0.141 e. The molecule has 0 N–H and O–H groups in total. The van der Waals surface area contributed by atoms with Gasteiger partial charge in [0.05, 0.1) is 11.1 Å². The van der Waals surface area contributed by atoms with Gasteiger partial charge in [0, 0.05) is 27.7 Å². The van der Waals surface area contributed by atoms with E-state index in [9.17, 15) is 0 Å². The van der Waals surface area contributed by atoms with Crippen LogP contribution in [0.5, 0.6) is 0 Å². The highest BCUT2D eigenvalue weighted by Crippen LogP contribution is 2.55. The minimum absolute atomic E-state index is 0.400. The van der Waals surface area contributed by atoms with Crippen LogP contribution in [0.25, 0.3) is 55.0 Å². The van der Waals surface area contributed by atoms with Gasteiger partial charge in [-0.15, -0.1) is 0 Å². The Hall–Kier alpha value is -6.38. The fourth-order valence-corrected chi connectivity index (χ4v) is 8.31. The summed E-state index contributed by atoms with van der Waals surface area (Å²) in [6.45, 7) is 2.36. The summed E-state index contributed by atoms with van der Waals surface area (Å²) in [6, 6.07) is 65.6. The number of nitrogens with zero attached hydrogens (tertiary/aromatic N) is 1. The van der Waals surface area contributed by atoms with Crippen molar-refractivity contribution in [1.82, 2.24) is 0 Å². The average molecular weight is 640 g/mol. The molecular weight excluding hydrogens is 607 g/mol. The van der Waals surface area contributed by atoms with Crippen LogP contribution in [-0.4, -0.2) is 0 Å². The van der Waals surface area contributed by atoms with Crippen LogP contribution in [0.3, 0.4) is 0 Å². The summed E-state index contributed by atoms with van der Waals surface area (Å²) in [5, 5.41) is 4.64. The number of rotatable bonds is 5. The predicted octanol–water partition coefficient (Wildman–Crippen LogP) is 13.2. The van der Waals surface area contributed by atoms with E-state index < -0.39 is 5.41 Å². The molecule has 0 saturated carbocycles. The molecule has 0 atom stereocenters. The van der Waals surface area contributed by atoms with Gasteiger partial charge in [0.2, 0.25) is 0 Å². The molecule has 0 amide bonds. The summed E-state index contributed by atoms with van der Waals surface area (Å²) in [5.41, 5.74) is 13.4. The van der Waals surface area contributed by atoms with Gasteiger partial charge in [-0.25, -0.2) is 0 Å². The number of fused-ring (bicyclic) bond motifs is 7. The number of furan rings is 1. The third-order valence-corrected chi connectivity index (χ3v) is 10.7. The van der Waals surface area contributed by atoms with E-state index in [4.69, 9.17) is 4.42 Å². The lowest BCUT2D eigenvalue weighted by atomic mass is 9.73. The largest absolute Gasteiger partial charge is 0.456 e. The number of hydrogen-bond donors (Lipinski definition) is 0. The molecule has 8 aromatic carbocycles. The van der Waals surface area contributed by atoms with Crippen LogP contribution in [0.2, 0.25) is 0 Å². The fraction of sp³-hybridized carbons (Fsp3) is 0.0417. The van der Waals surface area contributed by atoms with Crippen LogP contribution in [0.1, 0.15) is 23.6 Å². The van der Waals surface area contributed by atoms with E-state index in [0.717, 1.165) is 39.0 Å². The molecule has 0 bridgehead atoms. The normalized spacial score (nSPS) is 13.1. The molecule has 9 aromatic rings. The third-order valence-electron chi connectivity index (χ3n) is 10.7. The second-order valence-electron chi connectivity index (χ2n) is 13.4. The first kappa shape index (κ1) is 28.6. The summed E-state index contributed by atoms with van der Waals surface area (Å²) in [7, 11) is 0. The van der Waals surface area contributed by atoms with Crippen molar-refractivity contribution in [1.29, 1.82) is 0 Å². The Morgan fingerprint density at radius 1 is 0.460 bits per heavy atom. The van der Waals surface area contributed by atoms with E-state index in [1.54, 1.807) is 0 Å². The molecular formula is C48H33NO. The third kappa shape index (κ3) is 4.22. The van der Waals surface area contributed by atoms with Gasteiger partial charge in [-0.1, -0.05) is 146 Å². The minimum Gasteiger partial charge on any atom is -0.456 e. The van der Waals surface area contributed by atoms with Crippen LogP contribution in [0.4, 0.5) is 17.1 Å². The highest BCUT2D eigenvalue weighted by atomic mass is 16.3. The fourth-order valence-electron chi connectivity index (χ4n) is 8.31. The molecule has 2 heteroatoms. The highest BCUT2D eigenvalue weighted by molar-refractivity contribution is 6.15. The molecule has 0 fully saturated rings. The molecule has 1 heterocycles. The van der Waals surface area contributed by atoms with Crippen molar-refractivity contribution in [2.45, 2.75) is 12.3 Å². The lowest BCUT2D eigenvalue weighted by Crippen LogP contribution is -2.23. The molecule has 2 nitrogen and oxygen atoms in total. The topological polar surface area (TPSA) is 16.4 Å². The second-order valence-corrected chi connectivity index (χ2v) is 13.4. The SMILES string of the molecule is CC1(c2ccc(N(c3ccc(-c4ccccc4)cc3)c3ccc4ccccc4c3)c3c2oc2ccccc23)c2ccccc2-c2ccccc21. The Bertz CT molecular complexity index is 2670. The van der Waals surface area contributed by atoms with Crippen LogP contribution in [-0.2, 0) is 5.41 Å². The van der Waals surface area contributed by atoms with E-state index in [1.165, 1.54) is 49.7 Å². The molecule has 0 spiro atoms. The molecule has 10 rings (SSSR count). The first-order valence-corrected chi connectivity index (χ1v) is 17.3. The van der Waals surface area contributed by atoms with Gasteiger partial charge in [0.25, 0.3) is 0 Å². The Balaban J connectivity index is 1.25. The van der Waals surface area contributed by atoms with E-state index >= 15 is 0 Å². The smallest absolute Gasteiger partial charge is 0.141 e. The van der Waals surface area contributed by atoms with Gasteiger partial charge in [-0.05, 0) is 87.5 Å². The first-order valence-electron chi connectivity index (χ1n) is 17.3. The lowest BCUT2D eigenvalue weighted by molar-refractivity contribution is 0.638. The van der Waals surface area contributed by atoms with Crippen LogP contribution in [0.15, 0.2) is 186 Å². The lowest BCUT2D eigenvalue weighted by Gasteiger charge is -2.31. The zero-order valence-electron chi connectivity index (χ0n) is 27.7. The molecule has 0 aliphatic heterocycles. The number of benzene rings is 8. The summed E-state index contributed by atoms with van der Waals surface area (Å²) >= 11 is 0. The molecule has 0 radical (unpaired) electrons. The predicted molar refractivity (Wildman–Crippen MR) is 209 cm³/mol. The second kappa shape index (κ2) is 11.1. The average Bonchev–Trinajstić information content (AvgIpc) is 3.70. The molecule has 1 aliphatic carbocycles. The van der Waals surface area contributed by atoms with Crippen molar-refractivity contribution in [3.63, 3.8) is 0 Å². The van der Waals surface area contributed by atoms with E-state index in [1.807, 2.05) is 0 Å². The monoisotopic (exact) mass is 639 g/mol. The Labute approximate surface area is 291 Å². The van der Waals surface area contributed by atoms with Gasteiger partial charge in [0.15, 0.2) is 0 Å². The van der Waals surface area contributed by atoms with E-state index in [-0.39, 0.29) is 0 Å². The molecule has 1 aromatic heterocycles. The van der Waals surface area contributed by atoms with Crippen molar-refractivity contribution in [2.75, 3.05) is 4.90 Å². The van der Waals surface area contributed by atoms with E-state index in [0.29, 0.717) is 0 Å². The van der Waals surface area contributed by atoms with Gasteiger partial charge in [0.1, 0.15) is 11.2 Å². The van der Waals surface area contributed by atoms with Crippen molar-refractivity contribution in [3.8, 4) is 22.3 Å². The summed E-state index contributed by atoms with van der Waals surface area (Å²) in [4.78, 5) is 2.40. The number of hydrogen-bond acceptors (Lipinski definition) is 2. The molecule has 0 unspecified atom stereocenters. The van der Waals surface area contributed by atoms with Crippen molar-refractivity contribution in [3.05, 3.63) is 199 Å². The Kier molecular flexibility index (Phi) is 6.34. The highest BCUT2D eigenvalue weighted by Gasteiger charge is 2.42. The summed E-state index contributed by atoms with van der Waals surface area (Å²) in [5.74, 6) is 0. The number of anilines is 3. The van der Waals surface area contributed by atoms with Gasteiger partial charge in [-0.3, -0.25) is 0 Å². The Morgan fingerprint density at radius 3 is 1.82 bits per heavy atom. The Morgan fingerprint density at radius 2 is 1.06 bits per heavy atom. The summed E-state index contributed by atoms with van der Waals surface area (Å²) in [6.07, 6.45) is 0. The van der Waals surface area contributed by atoms with Gasteiger partial charge < -0.3 is 9.32 Å². The zero-order chi connectivity index (χ0) is 33.2. The standard InChI is InChI=1S/C48H33NO/c1-48(41-20-10-7-17-38(41)39-18-8-11-21-42(39)48)43-29-30-44(46-40-19-9-12-22-45(40)50-47(43)46)49(37-28-25-33-15-5-6-16-35(33)31-37)36-26-23-34(24-27-36)32-13-3-2-4-14-32/h2-31H,1H3. The van der Waals surface area contributed by atoms with Gasteiger partial charge >= 0.3 is 0 Å². The van der Waals surface area contributed by atoms with E-state index in [2.05, 4.69) is 194 Å². The number of para-hydroxylation sites is 1. The molecule has 236 valence electrons. The quantitative estimate of drug-likeness (QED) is 0.186. The van der Waals surface area contributed by atoms with Crippen molar-refractivity contribution >= 4 is 49.8 Å². The van der Waals surface area contributed by atoms with Gasteiger partial charge in [-0.2, -0.15) is 0 Å². The summed E-state index contributed by atoms with van der Waals surface area (Å²) < 4.78 is 6.97. The maximum atomic E-state index is 6.97. The maximum absolute atomic E-state index is 6.97. The van der Waals surface area contributed by atoms with Crippen LogP contribution < -0.4 is 4.90 Å². The van der Waals surface area contributed by atoms with Crippen molar-refractivity contribution in [2.24, 2.45) is 0 Å². The molecule has 1 aliphatic rings. The van der Waals surface area contributed by atoms with Crippen LogP contribution >= 0.6 is 0 Å². The molecule has 50 heavy (non-hydrogen) atoms.